The second-order valence-electron chi connectivity index (χ2n) is 6.18. The lowest BCUT2D eigenvalue weighted by molar-refractivity contribution is -0.0958. The van der Waals surface area contributed by atoms with Gasteiger partial charge in [-0.3, -0.25) is 4.79 Å². The van der Waals surface area contributed by atoms with Gasteiger partial charge in [-0.2, -0.15) is 0 Å². The van der Waals surface area contributed by atoms with Crippen molar-refractivity contribution in [2.24, 2.45) is 5.92 Å². The first-order valence-electron chi connectivity index (χ1n) is 7.41. The van der Waals surface area contributed by atoms with Crippen molar-refractivity contribution in [1.82, 2.24) is 9.47 Å². The number of amides is 1. The Labute approximate surface area is 123 Å². The highest BCUT2D eigenvalue weighted by Crippen LogP contribution is 2.44. The van der Waals surface area contributed by atoms with E-state index in [1.54, 1.807) is 4.90 Å². The van der Waals surface area contributed by atoms with Gasteiger partial charge >= 0.3 is 0 Å². The van der Waals surface area contributed by atoms with E-state index >= 15 is 0 Å². The number of nitrogens with zero attached hydrogens (tertiary/aromatic N) is 2. The molecule has 1 N–H and O–H groups in total. The number of carbonyl (C=O) groups excluding carboxylic acids is 1. The number of hydrogen-bond acceptors (Lipinski definition) is 2. The zero-order valence-electron chi connectivity index (χ0n) is 11.8. The van der Waals surface area contributed by atoms with Crippen LogP contribution in [0.2, 0.25) is 0 Å². The highest BCUT2D eigenvalue weighted by molar-refractivity contribution is 5.95. The maximum Gasteiger partial charge on any atom is 0.254 e. The van der Waals surface area contributed by atoms with E-state index in [-0.39, 0.29) is 5.91 Å². The number of rotatable bonds is 3. The minimum atomic E-state index is -0.617. The van der Waals surface area contributed by atoms with Crippen molar-refractivity contribution in [3.8, 4) is 5.69 Å². The van der Waals surface area contributed by atoms with Gasteiger partial charge in [0.05, 0.1) is 13.1 Å². The zero-order valence-corrected chi connectivity index (χ0v) is 11.8. The van der Waals surface area contributed by atoms with E-state index in [9.17, 15) is 9.90 Å². The fourth-order valence-corrected chi connectivity index (χ4v) is 3.13. The normalized spacial score (nSPS) is 20.1. The summed E-state index contributed by atoms with van der Waals surface area (Å²) in [5, 5.41) is 10.3. The third-order valence-corrected chi connectivity index (χ3v) is 4.55. The van der Waals surface area contributed by atoms with Crippen molar-refractivity contribution in [2.75, 3.05) is 13.1 Å². The summed E-state index contributed by atoms with van der Waals surface area (Å²) >= 11 is 0. The molecule has 0 radical (unpaired) electrons. The van der Waals surface area contributed by atoms with Gasteiger partial charge in [0.25, 0.3) is 5.91 Å². The van der Waals surface area contributed by atoms with Gasteiger partial charge in [-0.05, 0) is 49.1 Å². The Balaban J connectivity index is 1.51. The third kappa shape index (κ3) is 2.16. The van der Waals surface area contributed by atoms with Crippen LogP contribution in [-0.2, 0) is 0 Å². The summed E-state index contributed by atoms with van der Waals surface area (Å²) in [5.41, 5.74) is 1.04. The molecule has 2 heterocycles. The molecule has 0 atom stereocenters. The molecular formula is C17H18N2O2. The molecule has 108 valence electrons. The lowest BCUT2D eigenvalue weighted by atomic mass is 9.88. The van der Waals surface area contributed by atoms with Crippen molar-refractivity contribution in [3.63, 3.8) is 0 Å². The van der Waals surface area contributed by atoms with E-state index in [0.29, 0.717) is 24.6 Å². The molecule has 4 rings (SSSR count). The Hall–Kier alpha value is -2.07. The fraction of sp³-hybridized carbons (Fsp3) is 0.353. The van der Waals surface area contributed by atoms with Gasteiger partial charge in [-0.25, -0.2) is 0 Å². The minimum Gasteiger partial charge on any atom is -0.386 e. The van der Waals surface area contributed by atoms with Gasteiger partial charge in [-0.15, -0.1) is 0 Å². The monoisotopic (exact) mass is 282 g/mol. The van der Waals surface area contributed by atoms with Crippen molar-refractivity contribution >= 4 is 5.91 Å². The Morgan fingerprint density at radius 1 is 1.14 bits per heavy atom. The minimum absolute atomic E-state index is 0.00864. The predicted octanol–water partition coefficient (Wildman–Crippen LogP) is 2.07. The number of aliphatic hydroxyl groups is 1. The topological polar surface area (TPSA) is 45.5 Å². The van der Waals surface area contributed by atoms with Crippen LogP contribution >= 0.6 is 0 Å². The van der Waals surface area contributed by atoms with E-state index in [0.717, 1.165) is 18.5 Å². The molecule has 2 aromatic rings. The SMILES string of the molecule is O=C(c1cccc(-n2cccc2)c1)N1CC(O)(C2CC2)C1. The molecule has 1 amide bonds. The van der Waals surface area contributed by atoms with Crippen molar-refractivity contribution in [3.05, 3.63) is 54.4 Å². The molecular weight excluding hydrogens is 264 g/mol. The molecule has 1 aromatic carbocycles. The van der Waals surface area contributed by atoms with E-state index in [2.05, 4.69) is 0 Å². The van der Waals surface area contributed by atoms with Crippen molar-refractivity contribution in [2.45, 2.75) is 18.4 Å². The first-order valence-corrected chi connectivity index (χ1v) is 7.41. The third-order valence-electron chi connectivity index (χ3n) is 4.55. The highest BCUT2D eigenvalue weighted by atomic mass is 16.3. The number of aromatic nitrogens is 1. The van der Waals surface area contributed by atoms with Crippen LogP contribution in [0.4, 0.5) is 0 Å². The van der Waals surface area contributed by atoms with Crippen LogP contribution in [0.1, 0.15) is 23.2 Å². The molecule has 2 fully saturated rings. The second kappa shape index (κ2) is 4.46. The number of carbonyl (C=O) groups is 1. The van der Waals surface area contributed by atoms with Crippen LogP contribution in [-0.4, -0.2) is 39.2 Å². The van der Waals surface area contributed by atoms with Crippen LogP contribution in [0, 0.1) is 5.92 Å². The summed E-state index contributed by atoms with van der Waals surface area (Å²) in [4.78, 5) is 14.2. The maximum absolute atomic E-state index is 12.5. The van der Waals surface area contributed by atoms with Gasteiger partial charge in [0, 0.05) is 23.6 Å². The summed E-state index contributed by atoms with van der Waals surface area (Å²) in [5.74, 6) is 0.419. The number of hydrogen-bond donors (Lipinski definition) is 1. The van der Waals surface area contributed by atoms with Gasteiger partial charge in [-0.1, -0.05) is 6.07 Å². The number of β-amino-alcohol motifs (C(OH)–C–C–N with tert-alkyl or cyclic N) is 1. The Bertz CT molecular complexity index is 668. The zero-order chi connectivity index (χ0) is 14.4. The van der Waals surface area contributed by atoms with Gasteiger partial charge in [0.1, 0.15) is 5.60 Å². The molecule has 0 unspecified atom stereocenters. The largest absolute Gasteiger partial charge is 0.386 e. The van der Waals surface area contributed by atoms with Gasteiger partial charge in [0.15, 0.2) is 0 Å². The molecule has 1 aliphatic carbocycles. The lowest BCUT2D eigenvalue weighted by Crippen LogP contribution is -2.64. The molecule has 1 aliphatic heterocycles. The molecule has 2 aliphatic rings. The van der Waals surface area contributed by atoms with Crippen LogP contribution in [0.3, 0.4) is 0 Å². The lowest BCUT2D eigenvalue weighted by Gasteiger charge is -2.47. The van der Waals surface area contributed by atoms with Crippen LogP contribution in [0.5, 0.6) is 0 Å². The smallest absolute Gasteiger partial charge is 0.254 e. The Kier molecular flexibility index (Phi) is 2.69. The van der Waals surface area contributed by atoms with Crippen LogP contribution in [0.25, 0.3) is 5.69 Å². The summed E-state index contributed by atoms with van der Waals surface area (Å²) in [6.45, 7) is 0.953. The Morgan fingerprint density at radius 2 is 1.86 bits per heavy atom. The standard InChI is InChI=1S/C17H18N2O2/c20-16(19-11-17(21,12-19)14-6-7-14)13-4-3-5-15(10-13)18-8-1-2-9-18/h1-5,8-10,14,21H,6-7,11-12H2. The van der Waals surface area contributed by atoms with Gasteiger partial charge in [0.2, 0.25) is 0 Å². The average Bonchev–Trinajstić information content (AvgIpc) is 3.19. The molecule has 21 heavy (non-hydrogen) atoms. The van der Waals surface area contributed by atoms with E-state index in [1.807, 2.05) is 53.4 Å². The molecule has 0 spiro atoms. The summed E-state index contributed by atoms with van der Waals surface area (Å²) < 4.78 is 1.98. The fourth-order valence-electron chi connectivity index (χ4n) is 3.13. The molecule has 0 bridgehead atoms. The summed E-state index contributed by atoms with van der Waals surface area (Å²) in [6.07, 6.45) is 6.11. The van der Waals surface area contributed by atoms with Crippen LogP contribution < -0.4 is 0 Å². The first-order chi connectivity index (χ1) is 10.2. The summed E-state index contributed by atoms with van der Waals surface area (Å²) in [6, 6.07) is 11.5. The van der Waals surface area contributed by atoms with Gasteiger partial charge < -0.3 is 14.6 Å². The van der Waals surface area contributed by atoms with E-state index < -0.39 is 5.60 Å². The van der Waals surface area contributed by atoms with Crippen LogP contribution in [0.15, 0.2) is 48.8 Å². The number of benzene rings is 1. The molecule has 4 heteroatoms. The molecule has 1 aromatic heterocycles. The summed E-state index contributed by atoms with van der Waals surface area (Å²) in [7, 11) is 0. The Morgan fingerprint density at radius 3 is 2.52 bits per heavy atom. The van der Waals surface area contributed by atoms with E-state index in [1.165, 1.54) is 0 Å². The second-order valence-corrected chi connectivity index (χ2v) is 6.18. The first kappa shape index (κ1) is 12.7. The van der Waals surface area contributed by atoms with E-state index in [4.69, 9.17) is 0 Å². The van der Waals surface area contributed by atoms with Crippen molar-refractivity contribution in [1.29, 1.82) is 0 Å². The maximum atomic E-state index is 12.5. The predicted molar refractivity (Wildman–Crippen MR) is 79.3 cm³/mol. The molecule has 1 saturated heterocycles. The van der Waals surface area contributed by atoms with Crippen molar-refractivity contribution < 1.29 is 9.90 Å². The average molecular weight is 282 g/mol. The quantitative estimate of drug-likeness (QED) is 0.936. The number of likely N-dealkylation sites (tertiary alicyclic amines) is 1. The molecule has 4 nitrogen and oxygen atoms in total. The highest BCUT2D eigenvalue weighted by Gasteiger charge is 2.53. The molecule has 1 saturated carbocycles.